The Morgan fingerprint density at radius 1 is 1.32 bits per heavy atom. The molecular weight excluding hydrogens is 318 g/mol. The first-order valence-electron chi connectivity index (χ1n) is 8.30. The van der Waals surface area contributed by atoms with Gasteiger partial charge in [0.05, 0.1) is 18.7 Å². The van der Waals surface area contributed by atoms with Crippen molar-refractivity contribution in [1.29, 1.82) is 0 Å². The molecule has 0 saturated carbocycles. The van der Waals surface area contributed by atoms with Gasteiger partial charge in [-0.2, -0.15) is 4.98 Å². The van der Waals surface area contributed by atoms with Crippen LogP contribution in [0.15, 0.2) is 47.0 Å². The summed E-state index contributed by atoms with van der Waals surface area (Å²) in [7, 11) is 1.73. The number of nitrogens with two attached hydrogens (primary N) is 1. The van der Waals surface area contributed by atoms with Crippen molar-refractivity contribution in [2.75, 3.05) is 30.8 Å². The molecule has 3 N–H and O–H groups in total. The molecule has 0 spiro atoms. The molecule has 4 rings (SSSR count). The van der Waals surface area contributed by atoms with Gasteiger partial charge in [-0.3, -0.25) is 0 Å². The Balaban J connectivity index is 1.44. The van der Waals surface area contributed by atoms with E-state index in [4.69, 9.17) is 14.9 Å². The SMILES string of the molecule is CO[C@@H]1CN(c2ccnc(N)n2)C[C@@H]1NCc1cc2ccccc2o1. The minimum absolute atomic E-state index is 0.0700. The van der Waals surface area contributed by atoms with E-state index in [-0.39, 0.29) is 18.1 Å². The molecule has 1 aliphatic heterocycles. The Morgan fingerprint density at radius 3 is 3.00 bits per heavy atom. The van der Waals surface area contributed by atoms with E-state index < -0.39 is 0 Å². The van der Waals surface area contributed by atoms with E-state index in [9.17, 15) is 0 Å². The molecule has 0 aliphatic carbocycles. The van der Waals surface area contributed by atoms with Crippen LogP contribution in [0, 0.1) is 0 Å². The third-order valence-electron chi connectivity index (χ3n) is 4.57. The number of hydrogen-bond donors (Lipinski definition) is 2. The highest BCUT2D eigenvalue weighted by Crippen LogP contribution is 2.22. The van der Waals surface area contributed by atoms with Gasteiger partial charge in [0, 0.05) is 31.8 Å². The smallest absolute Gasteiger partial charge is 0.221 e. The zero-order valence-electron chi connectivity index (χ0n) is 14.1. The van der Waals surface area contributed by atoms with Crippen molar-refractivity contribution in [3.8, 4) is 0 Å². The maximum Gasteiger partial charge on any atom is 0.221 e. The number of benzene rings is 1. The standard InChI is InChI=1S/C18H21N5O2/c1-24-16-11-23(17-6-7-20-18(19)22-17)10-14(16)21-9-13-8-12-4-2-3-5-15(12)25-13/h2-8,14,16,21H,9-11H2,1H3,(H2,19,20,22)/t14-,16+/m0/s1. The van der Waals surface area contributed by atoms with E-state index in [1.165, 1.54) is 0 Å². The lowest BCUT2D eigenvalue weighted by atomic mass is 10.2. The summed E-state index contributed by atoms with van der Waals surface area (Å²) in [6.07, 6.45) is 1.75. The molecule has 0 unspecified atom stereocenters. The lowest BCUT2D eigenvalue weighted by molar-refractivity contribution is 0.0961. The fourth-order valence-corrected chi connectivity index (χ4v) is 3.29. The van der Waals surface area contributed by atoms with Gasteiger partial charge >= 0.3 is 0 Å². The minimum atomic E-state index is 0.0700. The number of rotatable bonds is 5. The normalized spacial score (nSPS) is 20.4. The number of nitrogens with zero attached hydrogens (tertiary/aromatic N) is 3. The van der Waals surface area contributed by atoms with Crippen molar-refractivity contribution in [2.24, 2.45) is 0 Å². The van der Waals surface area contributed by atoms with Crippen LogP contribution in [0.25, 0.3) is 11.0 Å². The summed E-state index contributed by atoms with van der Waals surface area (Å²) in [5, 5.41) is 4.66. The molecule has 0 radical (unpaired) electrons. The minimum Gasteiger partial charge on any atom is -0.460 e. The number of nitrogens with one attached hydrogen (secondary N) is 1. The molecule has 0 amide bonds. The van der Waals surface area contributed by atoms with Crippen LogP contribution < -0.4 is 16.0 Å². The summed E-state index contributed by atoms with van der Waals surface area (Å²) < 4.78 is 11.5. The van der Waals surface area contributed by atoms with Crippen LogP contribution in [-0.4, -0.2) is 42.3 Å². The number of hydrogen-bond acceptors (Lipinski definition) is 7. The zero-order chi connectivity index (χ0) is 17.2. The van der Waals surface area contributed by atoms with E-state index in [0.717, 1.165) is 35.6 Å². The largest absolute Gasteiger partial charge is 0.460 e. The number of para-hydroxylation sites is 1. The van der Waals surface area contributed by atoms with Crippen LogP contribution >= 0.6 is 0 Å². The molecule has 25 heavy (non-hydrogen) atoms. The van der Waals surface area contributed by atoms with E-state index in [0.29, 0.717) is 6.54 Å². The van der Waals surface area contributed by atoms with E-state index in [1.54, 1.807) is 13.3 Å². The first kappa shape index (κ1) is 15.9. The van der Waals surface area contributed by atoms with Gasteiger partial charge in [0.1, 0.15) is 17.2 Å². The molecule has 130 valence electrons. The number of fused-ring (bicyclic) bond motifs is 1. The molecule has 2 atom stereocenters. The highest BCUT2D eigenvalue weighted by Gasteiger charge is 2.33. The van der Waals surface area contributed by atoms with Gasteiger partial charge in [0.25, 0.3) is 0 Å². The fourth-order valence-electron chi connectivity index (χ4n) is 3.29. The lowest BCUT2D eigenvalue weighted by Gasteiger charge is -2.17. The predicted molar refractivity (Wildman–Crippen MR) is 96.3 cm³/mol. The molecule has 1 aliphatic rings. The number of methoxy groups -OCH3 is 1. The Labute approximate surface area is 145 Å². The Bertz CT molecular complexity index is 832. The second kappa shape index (κ2) is 6.70. The molecule has 3 heterocycles. The van der Waals surface area contributed by atoms with Crippen LogP contribution in [-0.2, 0) is 11.3 Å². The maximum absolute atomic E-state index is 5.87. The van der Waals surface area contributed by atoms with Crippen molar-refractivity contribution >= 4 is 22.7 Å². The Kier molecular flexibility index (Phi) is 4.25. The summed E-state index contributed by atoms with van der Waals surface area (Å²) in [4.78, 5) is 10.4. The predicted octanol–water partition coefficient (Wildman–Crippen LogP) is 1.80. The van der Waals surface area contributed by atoms with Crippen molar-refractivity contribution in [3.63, 3.8) is 0 Å². The van der Waals surface area contributed by atoms with Gasteiger partial charge in [-0.15, -0.1) is 0 Å². The molecule has 1 saturated heterocycles. The van der Waals surface area contributed by atoms with Crippen LogP contribution in [0.5, 0.6) is 0 Å². The average molecular weight is 339 g/mol. The second-order valence-electron chi connectivity index (χ2n) is 6.19. The highest BCUT2D eigenvalue weighted by atomic mass is 16.5. The molecular formula is C18H21N5O2. The summed E-state index contributed by atoms with van der Waals surface area (Å²) >= 11 is 0. The zero-order valence-corrected chi connectivity index (χ0v) is 14.1. The average Bonchev–Trinajstić information content (AvgIpc) is 3.23. The van der Waals surface area contributed by atoms with Gasteiger partial charge in [-0.05, 0) is 18.2 Å². The van der Waals surface area contributed by atoms with Crippen LogP contribution in [0.2, 0.25) is 0 Å². The monoisotopic (exact) mass is 339 g/mol. The number of ether oxygens (including phenoxy) is 1. The van der Waals surface area contributed by atoms with Gasteiger partial charge in [0.2, 0.25) is 5.95 Å². The van der Waals surface area contributed by atoms with E-state index >= 15 is 0 Å². The summed E-state index contributed by atoms with van der Waals surface area (Å²) in [5.41, 5.74) is 6.60. The van der Waals surface area contributed by atoms with Crippen molar-refractivity contribution < 1.29 is 9.15 Å². The highest BCUT2D eigenvalue weighted by molar-refractivity contribution is 5.77. The number of aromatic nitrogens is 2. The van der Waals surface area contributed by atoms with Crippen molar-refractivity contribution in [1.82, 2.24) is 15.3 Å². The molecule has 7 heteroatoms. The van der Waals surface area contributed by atoms with Crippen molar-refractivity contribution in [2.45, 2.75) is 18.7 Å². The molecule has 7 nitrogen and oxygen atoms in total. The first-order chi connectivity index (χ1) is 12.2. The third kappa shape index (κ3) is 3.29. The summed E-state index contributed by atoms with van der Waals surface area (Å²) in [6.45, 7) is 2.19. The van der Waals surface area contributed by atoms with E-state index in [2.05, 4.69) is 32.3 Å². The quantitative estimate of drug-likeness (QED) is 0.732. The van der Waals surface area contributed by atoms with Gasteiger partial charge in [-0.25, -0.2) is 4.98 Å². The molecule has 1 aromatic carbocycles. The first-order valence-corrected chi connectivity index (χ1v) is 8.30. The Hall–Kier alpha value is -2.64. The maximum atomic E-state index is 5.87. The van der Waals surface area contributed by atoms with Gasteiger partial charge in [-0.1, -0.05) is 18.2 Å². The van der Waals surface area contributed by atoms with Crippen LogP contribution in [0.3, 0.4) is 0 Å². The third-order valence-corrected chi connectivity index (χ3v) is 4.57. The van der Waals surface area contributed by atoms with Crippen LogP contribution in [0.4, 0.5) is 11.8 Å². The number of nitrogen functional groups attached to an aromatic ring is 1. The van der Waals surface area contributed by atoms with Gasteiger partial charge in [0.15, 0.2) is 0 Å². The fraction of sp³-hybridized carbons (Fsp3) is 0.333. The number of furan rings is 1. The second-order valence-corrected chi connectivity index (χ2v) is 6.19. The molecule has 3 aromatic rings. The molecule has 1 fully saturated rings. The lowest BCUT2D eigenvalue weighted by Crippen LogP contribution is -2.39. The van der Waals surface area contributed by atoms with Gasteiger partial charge < -0.3 is 25.1 Å². The number of anilines is 2. The van der Waals surface area contributed by atoms with Crippen molar-refractivity contribution in [3.05, 3.63) is 48.4 Å². The summed E-state index contributed by atoms with van der Waals surface area (Å²) in [6, 6.07) is 12.1. The molecule has 0 bridgehead atoms. The Morgan fingerprint density at radius 2 is 2.20 bits per heavy atom. The summed E-state index contributed by atoms with van der Waals surface area (Å²) in [5.74, 6) is 2.02. The topological polar surface area (TPSA) is 89.4 Å². The molecule has 2 aromatic heterocycles. The van der Waals surface area contributed by atoms with E-state index in [1.807, 2.05) is 24.3 Å². The van der Waals surface area contributed by atoms with Crippen LogP contribution in [0.1, 0.15) is 5.76 Å².